The van der Waals surface area contributed by atoms with Crippen molar-refractivity contribution in [1.29, 1.82) is 0 Å². The van der Waals surface area contributed by atoms with Crippen molar-refractivity contribution in [1.82, 2.24) is 13.9 Å². The third-order valence-corrected chi connectivity index (χ3v) is 6.60. The Balaban J connectivity index is 1.78. The first-order valence-corrected chi connectivity index (χ1v) is 11.6. The normalized spacial score (nSPS) is 19.4. The molecule has 4 heterocycles. The molecule has 29 heavy (non-hydrogen) atoms. The number of benzene rings is 1. The summed E-state index contributed by atoms with van der Waals surface area (Å²) in [6, 6.07) is 7.96. The predicted octanol–water partition coefficient (Wildman–Crippen LogP) is 2.10. The smallest absolute Gasteiger partial charge is 0.237 e. The van der Waals surface area contributed by atoms with Crippen LogP contribution in [-0.2, 0) is 21.2 Å². The summed E-state index contributed by atoms with van der Waals surface area (Å²) >= 11 is 0. The fraction of sp³-hybridized carbons (Fsp3) is 0.400. The van der Waals surface area contributed by atoms with Crippen LogP contribution in [0.5, 0.6) is 0 Å². The lowest BCUT2D eigenvalue weighted by atomic mass is 10.0. The van der Waals surface area contributed by atoms with E-state index in [4.69, 9.17) is 14.7 Å². The molecule has 2 aromatic heterocycles. The molecule has 0 amide bonds. The van der Waals surface area contributed by atoms with Gasteiger partial charge in [-0.3, -0.25) is 0 Å². The summed E-state index contributed by atoms with van der Waals surface area (Å²) in [7, 11) is -3.49. The summed E-state index contributed by atoms with van der Waals surface area (Å²) < 4.78 is 31.5. The highest BCUT2D eigenvalue weighted by Gasteiger charge is 2.27. The number of hydrogen-bond donors (Lipinski definition) is 1. The molecule has 0 bridgehead atoms. The molecule has 0 spiro atoms. The molecule has 2 aliphatic rings. The molecule has 8 nitrogen and oxygen atoms in total. The fourth-order valence-electron chi connectivity index (χ4n) is 4.18. The van der Waals surface area contributed by atoms with Gasteiger partial charge < -0.3 is 15.0 Å². The lowest BCUT2D eigenvalue weighted by Crippen LogP contribution is -2.44. The predicted molar refractivity (Wildman–Crippen MR) is 113 cm³/mol. The van der Waals surface area contributed by atoms with E-state index >= 15 is 0 Å². The quantitative estimate of drug-likeness (QED) is 0.703. The molecule has 1 saturated heterocycles. The molecule has 2 aliphatic heterocycles. The van der Waals surface area contributed by atoms with E-state index in [0.717, 1.165) is 35.4 Å². The molecule has 1 atom stereocenters. The maximum Gasteiger partial charge on any atom is 0.237 e. The summed E-state index contributed by atoms with van der Waals surface area (Å²) in [5, 5.41) is 4.11. The fourth-order valence-corrected chi connectivity index (χ4v) is 4.91. The topological polar surface area (TPSA) is 89.3 Å². The van der Waals surface area contributed by atoms with Crippen molar-refractivity contribution in [2.45, 2.75) is 19.4 Å². The number of anilines is 2. The first kappa shape index (κ1) is 18.4. The summed E-state index contributed by atoms with van der Waals surface area (Å²) in [6.07, 6.45) is 3.64. The Morgan fingerprint density at radius 3 is 2.90 bits per heavy atom. The molecule has 0 unspecified atom stereocenters. The van der Waals surface area contributed by atoms with E-state index in [2.05, 4.69) is 23.2 Å². The average molecular weight is 414 g/mol. The van der Waals surface area contributed by atoms with Gasteiger partial charge in [-0.15, -0.1) is 0 Å². The number of fused-ring (bicyclic) bond motifs is 2. The minimum Gasteiger partial charge on any atom is -0.384 e. The number of rotatable bonds is 3. The zero-order valence-corrected chi connectivity index (χ0v) is 17.2. The molecule has 152 valence electrons. The minimum absolute atomic E-state index is 0.138. The Bertz CT molecular complexity index is 1200. The van der Waals surface area contributed by atoms with E-state index in [1.165, 1.54) is 15.8 Å². The van der Waals surface area contributed by atoms with Crippen molar-refractivity contribution in [3.05, 3.63) is 36.0 Å². The standard InChI is InChI=1S/C20H23N5O3S/c1-13-12-28-11-10-24(13)19-16-7-9-25(29(2,26)27)20(16)23-18(22-19)15-4-3-5-17-14(15)6-8-21-17/h3-5,7,9,13,21H,6,8,10-12H2,1-2H3/t13-/m1/s1. The van der Waals surface area contributed by atoms with Crippen LogP contribution in [0.3, 0.4) is 0 Å². The molecule has 1 aromatic carbocycles. The number of aromatic nitrogens is 3. The molecule has 0 saturated carbocycles. The van der Waals surface area contributed by atoms with Crippen LogP contribution in [0.1, 0.15) is 12.5 Å². The second kappa shape index (κ2) is 6.70. The van der Waals surface area contributed by atoms with Crippen LogP contribution >= 0.6 is 0 Å². The zero-order valence-electron chi connectivity index (χ0n) is 16.4. The van der Waals surface area contributed by atoms with Gasteiger partial charge in [-0.05, 0) is 31.0 Å². The maximum atomic E-state index is 12.4. The van der Waals surface area contributed by atoms with Crippen molar-refractivity contribution >= 4 is 32.6 Å². The molecular weight excluding hydrogens is 390 g/mol. The number of morpholine rings is 1. The van der Waals surface area contributed by atoms with Gasteiger partial charge in [0.25, 0.3) is 0 Å². The molecule has 1 fully saturated rings. The number of nitrogens with one attached hydrogen (secondary N) is 1. The summed E-state index contributed by atoms with van der Waals surface area (Å²) in [4.78, 5) is 11.8. The van der Waals surface area contributed by atoms with Gasteiger partial charge in [-0.2, -0.15) is 0 Å². The molecule has 1 N–H and O–H groups in total. The van der Waals surface area contributed by atoms with Crippen molar-refractivity contribution in [2.75, 3.05) is 42.8 Å². The molecule has 5 rings (SSSR count). The van der Waals surface area contributed by atoms with Crippen molar-refractivity contribution in [3.63, 3.8) is 0 Å². The Hall–Kier alpha value is -2.65. The molecule has 3 aromatic rings. The van der Waals surface area contributed by atoms with Crippen LogP contribution in [0.25, 0.3) is 22.4 Å². The van der Waals surface area contributed by atoms with E-state index in [9.17, 15) is 8.42 Å². The van der Waals surface area contributed by atoms with E-state index in [1.807, 2.05) is 12.1 Å². The Morgan fingerprint density at radius 2 is 2.10 bits per heavy atom. The molecular formula is C20H23N5O3S. The highest BCUT2D eigenvalue weighted by molar-refractivity contribution is 7.89. The Labute approximate surface area is 169 Å². The first-order chi connectivity index (χ1) is 13.9. The van der Waals surface area contributed by atoms with Gasteiger partial charge in [0.2, 0.25) is 10.0 Å². The van der Waals surface area contributed by atoms with E-state index in [0.29, 0.717) is 31.2 Å². The largest absolute Gasteiger partial charge is 0.384 e. The Morgan fingerprint density at radius 1 is 1.24 bits per heavy atom. The van der Waals surface area contributed by atoms with Crippen molar-refractivity contribution in [2.24, 2.45) is 0 Å². The van der Waals surface area contributed by atoms with Crippen LogP contribution in [0, 0.1) is 0 Å². The van der Waals surface area contributed by atoms with Crippen LogP contribution in [0.4, 0.5) is 11.5 Å². The number of nitrogens with zero attached hydrogens (tertiary/aromatic N) is 4. The van der Waals surface area contributed by atoms with E-state index in [1.54, 1.807) is 12.3 Å². The van der Waals surface area contributed by atoms with Gasteiger partial charge >= 0.3 is 0 Å². The van der Waals surface area contributed by atoms with Gasteiger partial charge in [0.05, 0.1) is 30.9 Å². The monoisotopic (exact) mass is 413 g/mol. The van der Waals surface area contributed by atoms with Crippen LogP contribution in [0.15, 0.2) is 30.5 Å². The van der Waals surface area contributed by atoms with Crippen molar-refractivity contribution in [3.8, 4) is 11.4 Å². The SMILES string of the molecule is C[C@@H]1COCCN1c1nc(-c2cccc3c2CCN3)nc2c1ccn2S(C)(=O)=O. The third-order valence-electron chi connectivity index (χ3n) is 5.60. The minimum atomic E-state index is -3.49. The van der Waals surface area contributed by atoms with E-state index < -0.39 is 10.0 Å². The van der Waals surface area contributed by atoms with Crippen LogP contribution < -0.4 is 10.2 Å². The lowest BCUT2D eigenvalue weighted by Gasteiger charge is -2.34. The Kier molecular flexibility index (Phi) is 4.25. The summed E-state index contributed by atoms with van der Waals surface area (Å²) in [5.41, 5.74) is 3.61. The summed E-state index contributed by atoms with van der Waals surface area (Å²) in [5.74, 6) is 1.31. The maximum absolute atomic E-state index is 12.4. The van der Waals surface area contributed by atoms with Gasteiger partial charge in [-0.25, -0.2) is 22.4 Å². The average Bonchev–Trinajstić information content (AvgIpc) is 3.34. The van der Waals surface area contributed by atoms with E-state index in [-0.39, 0.29) is 6.04 Å². The molecule has 0 aliphatic carbocycles. The third kappa shape index (κ3) is 3.05. The van der Waals surface area contributed by atoms with Gasteiger partial charge in [0, 0.05) is 30.5 Å². The first-order valence-electron chi connectivity index (χ1n) is 9.73. The summed E-state index contributed by atoms with van der Waals surface area (Å²) in [6.45, 7) is 4.89. The number of ether oxygens (including phenoxy) is 1. The lowest BCUT2D eigenvalue weighted by molar-refractivity contribution is 0.0987. The van der Waals surface area contributed by atoms with Crippen LogP contribution in [-0.4, -0.2) is 61.0 Å². The van der Waals surface area contributed by atoms with Gasteiger partial charge in [0.15, 0.2) is 11.5 Å². The van der Waals surface area contributed by atoms with Gasteiger partial charge in [-0.1, -0.05) is 12.1 Å². The van der Waals surface area contributed by atoms with Crippen LogP contribution in [0.2, 0.25) is 0 Å². The molecule has 0 radical (unpaired) electrons. The highest BCUT2D eigenvalue weighted by Crippen LogP contribution is 2.35. The highest BCUT2D eigenvalue weighted by atomic mass is 32.2. The van der Waals surface area contributed by atoms with Crippen molar-refractivity contribution < 1.29 is 13.2 Å². The van der Waals surface area contributed by atoms with Gasteiger partial charge in [0.1, 0.15) is 5.82 Å². The second-order valence-electron chi connectivity index (χ2n) is 7.61. The second-order valence-corrected chi connectivity index (χ2v) is 9.47. The molecule has 9 heteroatoms. The zero-order chi connectivity index (χ0) is 20.2. The number of hydrogen-bond acceptors (Lipinski definition) is 7.